The van der Waals surface area contributed by atoms with Crippen LogP contribution in [0.25, 0.3) is 6.08 Å². The van der Waals surface area contributed by atoms with E-state index in [-0.39, 0.29) is 17.4 Å². The lowest BCUT2D eigenvalue weighted by atomic mass is 10.1. The van der Waals surface area contributed by atoms with E-state index >= 15 is 0 Å². The number of imide groups is 1. The number of nitrogens with zero attached hydrogens (tertiary/aromatic N) is 3. The molecular formula is C25H26ClN3O5S. The maximum Gasteiger partial charge on any atom is 0.294 e. The highest BCUT2D eigenvalue weighted by Gasteiger charge is 2.37. The number of para-hydroxylation sites is 1. The number of methoxy groups -OCH3 is 1. The summed E-state index contributed by atoms with van der Waals surface area (Å²) in [6.45, 7) is 4.43. The molecule has 0 atom stereocenters. The molecule has 2 aromatic carbocycles. The Balaban J connectivity index is 1.42. The molecule has 2 saturated heterocycles. The van der Waals surface area contributed by atoms with Crippen molar-refractivity contribution in [1.29, 1.82) is 0 Å². The monoisotopic (exact) mass is 515 g/mol. The Bertz CT molecular complexity index is 1150. The zero-order valence-corrected chi connectivity index (χ0v) is 21.1. The summed E-state index contributed by atoms with van der Waals surface area (Å²) in [5.41, 5.74) is 1.63. The fourth-order valence-corrected chi connectivity index (χ4v) is 4.99. The van der Waals surface area contributed by atoms with Gasteiger partial charge in [-0.15, -0.1) is 0 Å². The van der Waals surface area contributed by atoms with Gasteiger partial charge in [-0.25, -0.2) is 0 Å². The van der Waals surface area contributed by atoms with Crippen LogP contribution in [0.4, 0.5) is 10.5 Å². The molecule has 2 aliphatic heterocycles. The number of hydrogen-bond acceptors (Lipinski definition) is 7. The molecule has 2 fully saturated rings. The Morgan fingerprint density at radius 2 is 1.80 bits per heavy atom. The second-order valence-corrected chi connectivity index (χ2v) is 9.33. The minimum atomic E-state index is -0.513. The first-order chi connectivity index (χ1) is 16.9. The fraction of sp³-hybridized carbons (Fsp3) is 0.320. The number of anilines is 1. The first kappa shape index (κ1) is 24.9. The van der Waals surface area contributed by atoms with Crippen molar-refractivity contribution in [1.82, 2.24) is 9.80 Å². The summed E-state index contributed by atoms with van der Waals surface area (Å²) >= 11 is 7.15. The first-order valence-electron chi connectivity index (χ1n) is 11.2. The molecule has 0 aromatic heterocycles. The summed E-state index contributed by atoms with van der Waals surface area (Å²) in [5.74, 6) is 0.193. The van der Waals surface area contributed by atoms with E-state index in [0.29, 0.717) is 54.9 Å². The Kier molecular flexibility index (Phi) is 7.87. The molecule has 3 amide bonds. The third kappa shape index (κ3) is 5.57. The van der Waals surface area contributed by atoms with Crippen molar-refractivity contribution in [3.8, 4) is 11.5 Å². The van der Waals surface area contributed by atoms with Crippen LogP contribution in [0.15, 0.2) is 47.4 Å². The molecule has 0 aliphatic carbocycles. The van der Waals surface area contributed by atoms with E-state index in [1.54, 1.807) is 17.0 Å². The van der Waals surface area contributed by atoms with Gasteiger partial charge in [-0.05, 0) is 48.5 Å². The maximum absolute atomic E-state index is 13.0. The number of ether oxygens (including phenoxy) is 2. The van der Waals surface area contributed by atoms with Crippen LogP contribution in [0, 0.1) is 0 Å². The van der Waals surface area contributed by atoms with Crippen LogP contribution in [-0.4, -0.2) is 73.3 Å². The first-order valence-corrected chi connectivity index (χ1v) is 12.4. The van der Waals surface area contributed by atoms with Crippen LogP contribution in [0.1, 0.15) is 12.5 Å². The largest absolute Gasteiger partial charge is 0.493 e. The van der Waals surface area contributed by atoms with E-state index in [0.717, 1.165) is 22.3 Å². The number of halogens is 1. The van der Waals surface area contributed by atoms with Gasteiger partial charge in [-0.2, -0.15) is 0 Å². The van der Waals surface area contributed by atoms with Gasteiger partial charge >= 0.3 is 0 Å². The van der Waals surface area contributed by atoms with Crippen molar-refractivity contribution in [2.24, 2.45) is 0 Å². The fourth-order valence-electron chi connectivity index (χ4n) is 3.95. The number of hydrogen-bond donors (Lipinski definition) is 0. The number of piperazine rings is 1. The quantitative estimate of drug-likeness (QED) is 0.513. The molecule has 2 aliphatic rings. The van der Waals surface area contributed by atoms with E-state index in [9.17, 15) is 14.4 Å². The Labute approximate surface area is 213 Å². The SMILES string of the molecule is CCOc1cc(/C=C2/SC(=O)N(CC(=O)N3CCN(c4ccccc4)CC3)C2=O)c(Cl)cc1OC. The van der Waals surface area contributed by atoms with Crippen LogP contribution in [-0.2, 0) is 9.59 Å². The van der Waals surface area contributed by atoms with Crippen LogP contribution in [0.5, 0.6) is 11.5 Å². The highest BCUT2D eigenvalue weighted by molar-refractivity contribution is 8.18. The van der Waals surface area contributed by atoms with Crippen LogP contribution in [0.3, 0.4) is 0 Å². The number of carbonyl (C=O) groups excluding carboxylic acids is 3. The Morgan fingerprint density at radius 3 is 2.46 bits per heavy atom. The summed E-state index contributed by atoms with van der Waals surface area (Å²) in [6, 6.07) is 13.3. The van der Waals surface area contributed by atoms with Gasteiger partial charge in [0.05, 0.1) is 23.6 Å². The van der Waals surface area contributed by atoms with E-state index in [2.05, 4.69) is 4.90 Å². The summed E-state index contributed by atoms with van der Waals surface area (Å²) in [4.78, 5) is 43.5. The predicted molar refractivity (Wildman–Crippen MR) is 137 cm³/mol. The topological polar surface area (TPSA) is 79.4 Å². The molecule has 0 radical (unpaired) electrons. The lowest BCUT2D eigenvalue weighted by Gasteiger charge is -2.36. The van der Waals surface area contributed by atoms with Crippen molar-refractivity contribution >= 4 is 52.2 Å². The minimum absolute atomic E-state index is 0.200. The van der Waals surface area contributed by atoms with Gasteiger partial charge in [0.25, 0.3) is 11.1 Å². The molecule has 10 heteroatoms. The van der Waals surface area contributed by atoms with Crippen LogP contribution in [0.2, 0.25) is 5.02 Å². The second-order valence-electron chi connectivity index (χ2n) is 7.93. The molecule has 2 aromatic rings. The highest BCUT2D eigenvalue weighted by Crippen LogP contribution is 2.38. The Morgan fingerprint density at radius 1 is 1.09 bits per heavy atom. The minimum Gasteiger partial charge on any atom is -0.493 e. The zero-order chi connectivity index (χ0) is 24.9. The lowest BCUT2D eigenvalue weighted by Crippen LogP contribution is -2.51. The van der Waals surface area contributed by atoms with E-state index in [1.165, 1.54) is 13.2 Å². The summed E-state index contributed by atoms with van der Waals surface area (Å²) in [7, 11) is 1.51. The molecule has 0 unspecified atom stereocenters. The lowest BCUT2D eigenvalue weighted by molar-refractivity contribution is -0.136. The molecule has 184 valence electrons. The third-order valence-corrected chi connectivity index (χ3v) is 7.02. The average molecular weight is 516 g/mol. The van der Waals surface area contributed by atoms with Crippen molar-refractivity contribution < 1.29 is 23.9 Å². The van der Waals surface area contributed by atoms with Gasteiger partial charge in [0.1, 0.15) is 6.54 Å². The molecule has 4 rings (SSSR count). The molecule has 8 nitrogen and oxygen atoms in total. The van der Waals surface area contributed by atoms with Gasteiger partial charge < -0.3 is 19.3 Å². The molecule has 2 heterocycles. The van der Waals surface area contributed by atoms with Crippen LogP contribution < -0.4 is 14.4 Å². The summed E-state index contributed by atoms with van der Waals surface area (Å²) in [6.07, 6.45) is 1.54. The molecule has 35 heavy (non-hydrogen) atoms. The van der Waals surface area contributed by atoms with E-state index < -0.39 is 11.1 Å². The van der Waals surface area contributed by atoms with E-state index in [4.69, 9.17) is 21.1 Å². The number of thioether (sulfide) groups is 1. The average Bonchev–Trinajstić information content (AvgIpc) is 3.13. The number of carbonyl (C=O) groups is 3. The summed E-state index contributed by atoms with van der Waals surface area (Å²) in [5, 5.41) is -0.128. The van der Waals surface area contributed by atoms with Gasteiger partial charge in [0.15, 0.2) is 11.5 Å². The standard InChI is InChI=1S/C25H26ClN3O5S/c1-3-34-21-13-17(19(26)15-20(21)33-2)14-22-24(31)29(25(32)35-22)16-23(30)28-11-9-27(10-12-28)18-7-5-4-6-8-18/h4-8,13-15H,3,9-12,16H2,1-2H3/b22-14+. The number of rotatable bonds is 7. The Hall–Kier alpha value is -3.17. The normalized spacial score (nSPS) is 17.3. The van der Waals surface area contributed by atoms with E-state index in [1.807, 2.05) is 37.3 Å². The van der Waals surface area contributed by atoms with Gasteiger partial charge in [-0.1, -0.05) is 29.8 Å². The number of benzene rings is 2. The van der Waals surface area contributed by atoms with Crippen molar-refractivity contribution in [3.63, 3.8) is 0 Å². The van der Waals surface area contributed by atoms with Crippen molar-refractivity contribution in [3.05, 3.63) is 58.0 Å². The van der Waals surface area contributed by atoms with Gasteiger partial charge in [0.2, 0.25) is 5.91 Å². The number of amides is 3. The maximum atomic E-state index is 13.0. The van der Waals surface area contributed by atoms with Gasteiger partial charge in [-0.3, -0.25) is 19.3 Å². The molecule has 0 spiro atoms. The smallest absolute Gasteiger partial charge is 0.294 e. The predicted octanol–water partition coefficient (Wildman–Crippen LogP) is 4.13. The van der Waals surface area contributed by atoms with Crippen LogP contribution >= 0.6 is 23.4 Å². The molecule has 0 N–H and O–H groups in total. The molecule has 0 bridgehead atoms. The molecule has 0 saturated carbocycles. The van der Waals surface area contributed by atoms with Gasteiger partial charge in [0, 0.05) is 37.9 Å². The second kappa shape index (κ2) is 11.0. The van der Waals surface area contributed by atoms with Crippen molar-refractivity contribution in [2.45, 2.75) is 6.92 Å². The zero-order valence-electron chi connectivity index (χ0n) is 19.5. The molecular weight excluding hydrogens is 490 g/mol. The van der Waals surface area contributed by atoms with Crippen molar-refractivity contribution in [2.75, 3.05) is 51.3 Å². The third-order valence-electron chi connectivity index (χ3n) is 5.79. The highest BCUT2D eigenvalue weighted by atomic mass is 35.5. The summed E-state index contributed by atoms with van der Waals surface area (Å²) < 4.78 is 10.9.